The summed E-state index contributed by atoms with van der Waals surface area (Å²) in [4.78, 5) is 0. The Morgan fingerprint density at radius 1 is 1.44 bits per heavy atom. The molecule has 0 N–H and O–H groups in total. The van der Waals surface area contributed by atoms with E-state index in [1.807, 2.05) is 6.92 Å². The van der Waals surface area contributed by atoms with Gasteiger partial charge in [0.05, 0.1) is 0 Å². The quantitative estimate of drug-likeness (QED) is 0.522. The summed E-state index contributed by atoms with van der Waals surface area (Å²) >= 11 is 0. The third-order valence-electron chi connectivity index (χ3n) is 1.77. The van der Waals surface area contributed by atoms with E-state index in [1.54, 1.807) is 0 Å². The molecule has 1 rings (SSSR count). The SMILES string of the molecule is CC1CC1CC(F)(F)F. The van der Waals surface area contributed by atoms with Crippen LogP contribution < -0.4 is 0 Å². The van der Waals surface area contributed by atoms with Crippen molar-refractivity contribution in [2.75, 3.05) is 0 Å². The van der Waals surface area contributed by atoms with Gasteiger partial charge >= 0.3 is 6.18 Å². The van der Waals surface area contributed by atoms with Crippen molar-refractivity contribution in [3.8, 4) is 0 Å². The summed E-state index contributed by atoms with van der Waals surface area (Å²) in [5.74, 6) is 0.247. The van der Waals surface area contributed by atoms with Gasteiger partial charge < -0.3 is 0 Å². The maximum Gasteiger partial charge on any atom is 0.389 e. The van der Waals surface area contributed by atoms with Gasteiger partial charge in [-0.1, -0.05) is 6.92 Å². The zero-order valence-electron chi connectivity index (χ0n) is 5.20. The predicted molar refractivity (Wildman–Crippen MR) is 27.9 cm³/mol. The highest BCUT2D eigenvalue weighted by atomic mass is 19.4. The van der Waals surface area contributed by atoms with Gasteiger partial charge in [0, 0.05) is 6.42 Å². The molecule has 0 radical (unpaired) electrons. The molecule has 1 aliphatic rings. The van der Waals surface area contributed by atoms with Gasteiger partial charge in [-0.05, 0) is 18.3 Å². The Morgan fingerprint density at radius 3 is 2.00 bits per heavy atom. The van der Waals surface area contributed by atoms with Gasteiger partial charge in [0.2, 0.25) is 0 Å². The number of hydrogen-bond donors (Lipinski definition) is 0. The lowest BCUT2D eigenvalue weighted by molar-refractivity contribution is -0.138. The second kappa shape index (κ2) is 1.89. The van der Waals surface area contributed by atoms with Crippen LogP contribution in [-0.4, -0.2) is 6.18 Å². The highest BCUT2D eigenvalue weighted by Gasteiger charge is 2.42. The molecule has 0 heterocycles. The zero-order valence-corrected chi connectivity index (χ0v) is 5.20. The van der Waals surface area contributed by atoms with E-state index in [0.717, 1.165) is 6.42 Å². The Bertz CT molecular complexity index is 105. The minimum atomic E-state index is -3.94. The molecule has 1 saturated carbocycles. The largest absolute Gasteiger partial charge is 0.389 e. The Labute approximate surface area is 52.1 Å². The van der Waals surface area contributed by atoms with Gasteiger partial charge in [0.1, 0.15) is 0 Å². The van der Waals surface area contributed by atoms with Gasteiger partial charge in [-0.25, -0.2) is 0 Å². The zero-order chi connectivity index (χ0) is 7.07. The fraction of sp³-hybridized carbons (Fsp3) is 1.00. The molecular formula is C6H9F3. The van der Waals surface area contributed by atoms with E-state index in [4.69, 9.17) is 0 Å². The molecule has 0 nitrogen and oxygen atoms in total. The molecule has 1 fully saturated rings. The fourth-order valence-electron chi connectivity index (χ4n) is 0.981. The molecule has 1 aliphatic carbocycles. The molecule has 0 aromatic carbocycles. The summed E-state index contributed by atoms with van der Waals surface area (Å²) < 4.78 is 34.6. The third-order valence-corrected chi connectivity index (χ3v) is 1.77. The molecule has 0 saturated heterocycles. The highest BCUT2D eigenvalue weighted by Crippen LogP contribution is 2.45. The van der Waals surface area contributed by atoms with Crippen LogP contribution in [0.15, 0.2) is 0 Å². The first-order valence-corrected chi connectivity index (χ1v) is 3.06. The number of alkyl halides is 3. The van der Waals surface area contributed by atoms with Crippen LogP contribution in [0.25, 0.3) is 0 Å². The van der Waals surface area contributed by atoms with Crippen molar-refractivity contribution in [2.24, 2.45) is 11.8 Å². The van der Waals surface area contributed by atoms with Crippen LogP contribution in [0.5, 0.6) is 0 Å². The van der Waals surface area contributed by atoms with Crippen molar-refractivity contribution < 1.29 is 13.2 Å². The van der Waals surface area contributed by atoms with E-state index in [0.29, 0.717) is 5.92 Å². The number of halogens is 3. The van der Waals surface area contributed by atoms with E-state index in [1.165, 1.54) is 0 Å². The van der Waals surface area contributed by atoms with Gasteiger partial charge in [-0.3, -0.25) is 0 Å². The molecule has 54 valence electrons. The first-order valence-electron chi connectivity index (χ1n) is 3.06. The lowest BCUT2D eigenvalue weighted by Crippen LogP contribution is -2.08. The first kappa shape index (κ1) is 6.90. The van der Waals surface area contributed by atoms with Gasteiger partial charge in [0.15, 0.2) is 0 Å². The van der Waals surface area contributed by atoms with Crippen LogP contribution in [0.3, 0.4) is 0 Å². The molecular weight excluding hydrogens is 129 g/mol. The third kappa shape index (κ3) is 2.24. The summed E-state index contributed by atoms with van der Waals surface area (Å²) in [5, 5.41) is 0. The van der Waals surface area contributed by atoms with Crippen LogP contribution in [0.1, 0.15) is 19.8 Å². The van der Waals surface area contributed by atoms with E-state index in [-0.39, 0.29) is 5.92 Å². The highest BCUT2D eigenvalue weighted by molar-refractivity contribution is 4.83. The molecule has 0 bridgehead atoms. The molecule has 2 unspecified atom stereocenters. The predicted octanol–water partition coefficient (Wildman–Crippen LogP) is 2.59. The van der Waals surface area contributed by atoms with Gasteiger partial charge in [0.25, 0.3) is 0 Å². The molecule has 9 heavy (non-hydrogen) atoms. The standard InChI is InChI=1S/C6H9F3/c1-4-2-5(4)3-6(7,8)9/h4-5H,2-3H2,1H3. The monoisotopic (exact) mass is 138 g/mol. The molecule has 0 aromatic rings. The summed E-state index contributed by atoms with van der Waals surface area (Å²) in [6.45, 7) is 1.86. The van der Waals surface area contributed by atoms with E-state index < -0.39 is 12.6 Å². The van der Waals surface area contributed by atoms with Crippen molar-refractivity contribution in [1.82, 2.24) is 0 Å². The second-order valence-corrected chi connectivity index (χ2v) is 2.79. The smallest absolute Gasteiger partial charge is 0.171 e. The summed E-state index contributed by atoms with van der Waals surface area (Å²) in [6, 6.07) is 0. The molecule has 3 heteroatoms. The number of rotatable bonds is 1. The van der Waals surface area contributed by atoms with Crippen molar-refractivity contribution in [3.05, 3.63) is 0 Å². The van der Waals surface area contributed by atoms with Gasteiger partial charge in [-0.15, -0.1) is 0 Å². The summed E-state index contributed by atoms with van der Waals surface area (Å²) in [7, 11) is 0. The summed E-state index contributed by atoms with van der Waals surface area (Å²) in [5.41, 5.74) is 0. The average molecular weight is 138 g/mol. The van der Waals surface area contributed by atoms with Crippen molar-refractivity contribution in [3.63, 3.8) is 0 Å². The summed E-state index contributed by atoms with van der Waals surface area (Å²) in [6.07, 6.45) is -3.75. The van der Waals surface area contributed by atoms with E-state index in [2.05, 4.69) is 0 Å². The number of hydrogen-bond acceptors (Lipinski definition) is 0. The Balaban J connectivity index is 2.19. The van der Waals surface area contributed by atoms with E-state index in [9.17, 15) is 13.2 Å². The maximum atomic E-state index is 11.5. The lowest BCUT2D eigenvalue weighted by Gasteiger charge is -2.02. The van der Waals surface area contributed by atoms with Gasteiger partial charge in [-0.2, -0.15) is 13.2 Å². The molecule has 0 amide bonds. The Morgan fingerprint density at radius 2 is 1.89 bits per heavy atom. The molecule has 2 atom stereocenters. The van der Waals surface area contributed by atoms with Crippen LogP contribution in [0.2, 0.25) is 0 Å². The second-order valence-electron chi connectivity index (χ2n) is 2.79. The molecule has 0 aromatic heterocycles. The normalized spacial score (nSPS) is 34.7. The minimum absolute atomic E-state index is 0.0648. The Kier molecular flexibility index (Phi) is 1.45. The van der Waals surface area contributed by atoms with Crippen LogP contribution in [0.4, 0.5) is 13.2 Å². The topological polar surface area (TPSA) is 0 Å². The van der Waals surface area contributed by atoms with Crippen LogP contribution in [-0.2, 0) is 0 Å². The maximum absolute atomic E-state index is 11.5. The van der Waals surface area contributed by atoms with Crippen molar-refractivity contribution in [1.29, 1.82) is 0 Å². The lowest BCUT2D eigenvalue weighted by atomic mass is 10.2. The Hall–Kier alpha value is -0.210. The van der Waals surface area contributed by atoms with Crippen molar-refractivity contribution in [2.45, 2.75) is 25.9 Å². The van der Waals surface area contributed by atoms with Crippen molar-refractivity contribution >= 4 is 0 Å². The van der Waals surface area contributed by atoms with E-state index >= 15 is 0 Å². The van der Waals surface area contributed by atoms with Crippen LogP contribution in [0, 0.1) is 11.8 Å². The average Bonchev–Trinajstić information content (AvgIpc) is 2.13. The minimum Gasteiger partial charge on any atom is -0.171 e. The molecule has 0 aliphatic heterocycles. The first-order chi connectivity index (χ1) is 3.99. The fourth-order valence-corrected chi connectivity index (χ4v) is 0.981. The van der Waals surface area contributed by atoms with Crippen LogP contribution >= 0.6 is 0 Å². The molecule has 0 spiro atoms.